The lowest BCUT2D eigenvalue weighted by atomic mass is 9.95. The molecule has 2 amide bonds. The van der Waals surface area contributed by atoms with Gasteiger partial charge in [-0.3, -0.25) is 9.59 Å². The van der Waals surface area contributed by atoms with Crippen molar-refractivity contribution >= 4 is 35.2 Å². The molecule has 1 unspecified atom stereocenters. The first-order chi connectivity index (χ1) is 22.5. The van der Waals surface area contributed by atoms with Gasteiger partial charge >= 0.3 is 0 Å². The molecule has 46 heavy (non-hydrogen) atoms. The number of amides is 2. The summed E-state index contributed by atoms with van der Waals surface area (Å²) in [4.78, 5) is 33.3. The summed E-state index contributed by atoms with van der Waals surface area (Å²) in [7, 11) is 0. The van der Waals surface area contributed by atoms with Gasteiger partial charge in [0.1, 0.15) is 17.5 Å². The van der Waals surface area contributed by atoms with E-state index in [1.165, 1.54) is 17.3 Å². The molecule has 0 saturated carbocycles. The molecule has 1 saturated heterocycles. The van der Waals surface area contributed by atoms with E-state index >= 15 is 0 Å². The molecule has 3 heterocycles. The molecule has 10 nitrogen and oxygen atoms in total. The molecular formula is C35H38N6O4S. The van der Waals surface area contributed by atoms with Crippen LogP contribution in [-0.2, 0) is 15.3 Å². The predicted molar refractivity (Wildman–Crippen MR) is 179 cm³/mol. The largest absolute Gasteiger partial charge is 0.492 e. The summed E-state index contributed by atoms with van der Waals surface area (Å²) in [6.45, 7) is 5.82. The van der Waals surface area contributed by atoms with Gasteiger partial charge < -0.3 is 25.0 Å². The Morgan fingerprint density at radius 3 is 2.46 bits per heavy atom. The number of hydrogen-bond acceptors (Lipinski definition) is 8. The summed E-state index contributed by atoms with van der Waals surface area (Å²) in [5, 5.41) is 11.8. The maximum Gasteiger partial charge on any atom is 0.260 e. The van der Waals surface area contributed by atoms with Crippen LogP contribution in [0.3, 0.4) is 0 Å². The SMILES string of the molecule is CCOc1ccccc1NC(=O)C1=C(C)Nc2nc(SCc3ccccc3)nn2C1c1ccc(OCC(=O)N2CCCCC2)cc1. The third-order valence-electron chi connectivity index (χ3n) is 7.99. The van der Waals surface area contributed by atoms with E-state index in [-0.39, 0.29) is 18.4 Å². The molecule has 4 aromatic rings. The quantitative estimate of drug-likeness (QED) is 0.185. The number of thioether (sulfide) groups is 1. The minimum Gasteiger partial charge on any atom is -0.492 e. The highest BCUT2D eigenvalue weighted by atomic mass is 32.2. The first-order valence-electron chi connectivity index (χ1n) is 15.6. The third-order valence-corrected chi connectivity index (χ3v) is 8.90. The van der Waals surface area contributed by atoms with Gasteiger partial charge in [0.15, 0.2) is 6.61 Å². The van der Waals surface area contributed by atoms with Gasteiger partial charge in [-0.25, -0.2) is 4.68 Å². The minimum atomic E-state index is -0.571. The number of aromatic nitrogens is 3. The molecule has 1 aromatic heterocycles. The van der Waals surface area contributed by atoms with Crippen molar-refractivity contribution in [2.75, 3.05) is 36.9 Å². The summed E-state index contributed by atoms with van der Waals surface area (Å²) in [5.74, 6) is 2.16. The Morgan fingerprint density at radius 1 is 0.957 bits per heavy atom. The lowest BCUT2D eigenvalue weighted by Gasteiger charge is -2.29. The average molecular weight is 639 g/mol. The van der Waals surface area contributed by atoms with Crippen molar-refractivity contribution < 1.29 is 19.1 Å². The highest BCUT2D eigenvalue weighted by molar-refractivity contribution is 7.98. The van der Waals surface area contributed by atoms with Crippen molar-refractivity contribution in [1.29, 1.82) is 0 Å². The van der Waals surface area contributed by atoms with E-state index in [1.807, 2.05) is 85.5 Å². The molecule has 1 atom stereocenters. The van der Waals surface area contributed by atoms with Crippen LogP contribution in [-0.4, -0.2) is 57.8 Å². The maximum atomic E-state index is 14.0. The predicted octanol–water partition coefficient (Wildman–Crippen LogP) is 6.29. The van der Waals surface area contributed by atoms with Gasteiger partial charge in [0.25, 0.3) is 11.8 Å². The van der Waals surface area contributed by atoms with E-state index in [2.05, 4.69) is 22.8 Å². The van der Waals surface area contributed by atoms with Crippen molar-refractivity contribution in [3.05, 3.63) is 101 Å². The lowest BCUT2D eigenvalue weighted by Crippen LogP contribution is -2.38. The third kappa shape index (κ3) is 7.20. The van der Waals surface area contributed by atoms with Crippen molar-refractivity contribution in [1.82, 2.24) is 19.7 Å². The number of nitrogens with zero attached hydrogens (tertiary/aromatic N) is 4. The number of ether oxygens (including phenoxy) is 2. The van der Waals surface area contributed by atoms with Gasteiger partial charge in [0.05, 0.1) is 17.9 Å². The molecule has 3 aromatic carbocycles. The molecule has 2 aliphatic rings. The highest BCUT2D eigenvalue weighted by Gasteiger charge is 2.35. The summed E-state index contributed by atoms with van der Waals surface area (Å²) >= 11 is 1.53. The number of nitrogens with one attached hydrogen (secondary N) is 2. The monoisotopic (exact) mass is 638 g/mol. The van der Waals surface area contributed by atoms with Crippen LogP contribution >= 0.6 is 11.8 Å². The Morgan fingerprint density at radius 2 is 1.70 bits per heavy atom. The first kappa shape index (κ1) is 31.2. The number of rotatable bonds is 11. The normalized spacial score (nSPS) is 16.0. The van der Waals surface area contributed by atoms with Gasteiger partial charge in [-0.1, -0.05) is 66.4 Å². The van der Waals surface area contributed by atoms with E-state index < -0.39 is 6.04 Å². The van der Waals surface area contributed by atoms with Crippen molar-refractivity contribution in [2.24, 2.45) is 0 Å². The van der Waals surface area contributed by atoms with Crippen LogP contribution in [0.5, 0.6) is 11.5 Å². The molecule has 238 valence electrons. The molecule has 0 spiro atoms. The average Bonchev–Trinajstić information content (AvgIpc) is 3.50. The van der Waals surface area contributed by atoms with E-state index in [4.69, 9.17) is 19.6 Å². The van der Waals surface area contributed by atoms with Crippen LogP contribution in [0.4, 0.5) is 11.6 Å². The number of hydrogen-bond donors (Lipinski definition) is 2. The Bertz CT molecular complexity index is 1700. The molecule has 11 heteroatoms. The Hall–Kier alpha value is -4.77. The van der Waals surface area contributed by atoms with Crippen LogP contribution in [0.1, 0.15) is 50.3 Å². The summed E-state index contributed by atoms with van der Waals surface area (Å²) in [5.41, 5.74) is 3.74. The molecule has 0 aliphatic carbocycles. The summed E-state index contributed by atoms with van der Waals surface area (Å²) in [6, 6.07) is 24.5. The molecular weight excluding hydrogens is 600 g/mol. The zero-order chi connectivity index (χ0) is 31.9. The molecule has 2 aliphatic heterocycles. The molecule has 1 fully saturated rings. The van der Waals surface area contributed by atoms with Crippen molar-refractivity contribution in [2.45, 2.75) is 50.1 Å². The van der Waals surface area contributed by atoms with Gasteiger partial charge in [0.2, 0.25) is 11.1 Å². The Balaban J connectivity index is 1.27. The van der Waals surface area contributed by atoms with Crippen LogP contribution in [0, 0.1) is 0 Å². The van der Waals surface area contributed by atoms with Gasteiger partial charge in [-0.2, -0.15) is 4.98 Å². The summed E-state index contributed by atoms with van der Waals surface area (Å²) in [6.07, 6.45) is 3.23. The van der Waals surface area contributed by atoms with Gasteiger partial charge in [-0.15, -0.1) is 5.10 Å². The molecule has 2 N–H and O–H groups in total. The molecule has 0 bridgehead atoms. The number of fused-ring (bicyclic) bond motifs is 1. The maximum absolute atomic E-state index is 14.0. The van der Waals surface area contributed by atoms with Gasteiger partial charge in [-0.05, 0) is 68.5 Å². The fourth-order valence-electron chi connectivity index (χ4n) is 5.68. The number of allylic oxidation sites excluding steroid dienone is 1. The second-order valence-corrected chi connectivity index (χ2v) is 12.1. The van der Waals surface area contributed by atoms with Crippen LogP contribution in [0.2, 0.25) is 0 Å². The minimum absolute atomic E-state index is 0.000213. The molecule has 6 rings (SSSR count). The smallest absolute Gasteiger partial charge is 0.260 e. The fraction of sp³-hybridized carbons (Fsp3) is 0.314. The number of likely N-dealkylation sites (tertiary alicyclic amines) is 1. The molecule has 0 radical (unpaired) electrons. The standard InChI is InChI=1S/C35H38N6O4S/c1-3-44-29-15-9-8-14-28(29)37-33(43)31-24(2)36-34-38-35(46-23-25-12-6-4-7-13-25)39-41(34)32(31)26-16-18-27(19-17-26)45-22-30(42)40-20-10-5-11-21-40/h4,6-9,12-19,32H,3,5,10-11,20-23H2,1-2H3,(H,37,43)(H,36,38,39). The zero-order valence-corrected chi connectivity index (χ0v) is 26.9. The van der Waals surface area contributed by atoms with E-state index in [1.54, 1.807) is 4.68 Å². The number of carbonyl (C=O) groups excluding carboxylic acids is 2. The van der Waals surface area contributed by atoms with E-state index in [0.717, 1.165) is 37.9 Å². The first-order valence-corrected chi connectivity index (χ1v) is 16.6. The Kier molecular flexibility index (Phi) is 9.88. The second-order valence-electron chi connectivity index (χ2n) is 11.2. The van der Waals surface area contributed by atoms with Crippen molar-refractivity contribution in [3.63, 3.8) is 0 Å². The summed E-state index contributed by atoms with van der Waals surface area (Å²) < 4.78 is 13.4. The number of carbonyl (C=O) groups is 2. The number of piperidine rings is 1. The fourth-order valence-corrected chi connectivity index (χ4v) is 6.47. The van der Waals surface area contributed by atoms with Crippen LogP contribution in [0.15, 0.2) is 95.3 Å². The van der Waals surface area contributed by atoms with E-state index in [9.17, 15) is 9.59 Å². The topological polar surface area (TPSA) is 111 Å². The zero-order valence-electron chi connectivity index (χ0n) is 26.1. The van der Waals surface area contributed by atoms with E-state index in [0.29, 0.717) is 51.9 Å². The number of para-hydroxylation sites is 2. The lowest BCUT2D eigenvalue weighted by molar-refractivity contribution is -0.134. The second kappa shape index (κ2) is 14.6. The number of benzene rings is 3. The van der Waals surface area contributed by atoms with Gasteiger partial charge in [0, 0.05) is 24.5 Å². The van der Waals surface area contributed by atoms with Crippen molar-refractivity contribution in [3.8, 4) is 11.5 Å². The Labute approximate surface area is 273 Å². The number of anilines is 2. The van der Waals surface area contributed by atoms with Crippen LogP contribution < -0.4 is 20.1 Å². The van der Waals surface area contributed by atoms with Crippen LogP contribution in [0.25, 0.3) is 0 Å². The highest BCUT2D eigenvalue weighted by Crippen LogP contribution is 2.38.